The quantitative estimate of drug-likeness (QED) is 0.554. The molecular formula is C8H20B3NO2. The lowest BCUT2D eigenvalue weighted by atomic mass is 9.52. The van der Waals surface area contributed by atoms with Gasteiger partial charge in [-0.25, -0.2) is 0 Å². The van der Waals surface area contributed by atoms with Crippen molar-refractivity contribution in [1.29, 1.82) is 0 Å². The van der Waals surface area contributed by atoms with Crippen molar-refractivity contribution in [3.05, 3.63) is 0 Å². The third kappa shape index (κ3) is 4.22. The topological polar surface area (TPSA) is 40.5 Å². The van der Waals surface area contributed by atoms with Gasteiger partial charge in [-0.1, -0.05) is 0 Å². The molecule has 0 saturated heterocycles. The number of carbonyl (C=O) groups is 1. The zero-order chi connectivity index (χ0) is 11.6. The molecule has 0 radical (unpaired) electrons. The molecule has 0 amide bonds. The summed E-state index contributed by atoms with van der Waals surface area (Å²) in [7, 11) is 5.57. The lowest BCUT2D eigenvalue weighted by Crippen LogP contribution is -2.41. The van der Waals surface area contributed by atoms with E-state index >= 15 is 0 Å². The zero-order valence-electron chi connectivity index (χ0n) is 10.2. The number of carboxylic acids is 1. The van der Waals surface area contributed by atoms with Crippen LogP contribution < -0.4 is 0 Å². The van der Waals surface area contributed by atoms with E-state index in [0.717, 1.165) is 6.54 Å². The summed E-state index contributed by atoms with van der Waals surface area (Å²) in [6, 6.07) is 0. The molecule has 0 rings (SSSR count). The van der Waals surface area contributed by atoms with Gasteiger partial charge in [0, 0.05) is 10.8 Å². The second kappa shape index (κ2) is 4.43. The summed E-state index contributed by atoms with van der Waals surface area (Å²) in [5.41, 5.74) is 0.106. The Hall–Kier alpha value is -0.375. The van der Waals surface area contributed by atoms with Crippen molar-refractivity contribution in [2.24, 2.45) is 0 Å². The van der Waals surface area contributed by atoms with Crippen LogP contribution >= 0.6 is 0 Å². The largest absolute Gasteiger partial charge is 0.482 e. The monoisotopic (exact) mass is 195 g/mol. The van der Waals surface area contributed by atoms with Crippen LogP contribution in [0.3, 0.4) is 0 Å². The molecule has 0 aromatic heterocycles. The molecule has 0 fully saturated rings. The minimum absolute atomic E-state index is 0.106. The Labute approximate surface area is 89.5 Å². The molecule has 0 heterocycles. The SMILES string of the molecule is BN(CCC(B)(B)C(=O)O)C(C)(C)C. The van der Waals surface area contributed by atoms with Crippen molar-refractivity contribution in [2.45, 2.75) is 37.9 Å². The number of aliphatic carboxylic acids is 1. The fourth-order valence-electron chi connectivity index (χ4n) is 0.890. The number of rotatable bonds is 4. The first-order valence-corrected chi connectivity index (χ1v) is 5.02. The number of hydrogen-bond donors (Lipinski definition) is 1. The van der Waals surface area contributed by atoms with Gasteiger partial charge >= 0.3 is 0 Å². The summed E-state index contributed by atoms with van der Waals surface area (Å²) >= 11 is 0. The van der Waals surface area contributed by atoms with Crippen LogP contribution in [-0.4, -0.2) is 51.6 Å². The van der Waals surface area contributed by atoms with Gasteiger partial charge in [-0.3, -0.25) is 4.79 Å². The Morgan fingerprint density at radius 3 is 2.07 bits per heavy atom. The van der Waals surface area contributed by atoms with Crippen LogP contribution in [0.4, 0.5) is 0 Å². The molecule has 0 bridgehead atoms. The zero-order valence-corrected chi connectivity index (χ0v) is 10.2. The molecule has 0 aromatic carbocycles. The third-order valence-corrected chi connectivity index (χ3v) is 2.80. The first kappa shape index (κ1) is 13.6. The van der Waals surface area contributed by atoms with E-state index in [-0.39, 0.29) is 5.54 Å². The van der Waals surface area contributed by atoms with Crippen molar-refractivity contribution in [2.75, 3.05) is 6.54 Å². The predicted molar refractivity (Wildman–Crippen MR) is 67.0 cm³/mol. The highest BCUT2D eigenvalue weighted by Crippen LogP contribution is 2.22. The summed E-state index contributed by atoms with van der Waals surface area (Å²) in [5.74, 6) is -0.722. The van der Waals surface area contributed by atoms with Gasteiger partial charge in [-0.15, -0.1) is 0 Å². The molecule has 0 spiro atoms. The standard InChI is InChI=1S/C8H20B3NO2/c1-7(2,3)12(11)5-4-8(9,10)6(13)14/h4-5,9-11H2,1-3H3,(H,13,14). The van der Waals surface area contributed by atoms with Crippen LogP contribution in [0.2, 0.25) is 5.21 Å². The first-order valence-electron chi connectivity index (χ1n) is 5.02. The molecule has 0 aromatic rings. The summed E-state index contributed by atoms with van der Waals surface area (Å²) in [5, 5.41) is 8.31. The highest BCUT2D eigenvalue weighted by molar-refractivity contribution is 6.49. The molecule has 14 heavy (non-hydrogen) atoms. The first-order chi connectivity index (χ1) is 6.07. The van der Waals surface area contributed by atoms with Gasteiger partial charge in [0.2, 0.25) is 0 Å². The van der Waals surface area contributed by atoms with Gasteiger partial charge in [0.15, 0.2) is 7.98 Å². The summed E-state index contributed by atoms with van der Waals surface area (Å²) in [6.07, 6.45) is 0.677. The molecule has 78 valence electrons. The van der Waals surface area contributed by atoms with Crippen molar-refractivity contribution in [1.82, 2.24) is 4.81 Å². The lowest BCUT2D eigenvalue weighted by Gasteiger charge is -2.34. The van der Waals surface area contributed by atoms with Crippen LogP contribution in [0, 0.1) is 0 Å². The van der Waals surface area contributed by atoms with Gasteiger partial charge in [-0.05, 0) is 33.7 Å². The average molecular weight is 195 g/mol. The summed E-state index contributed by atoms with van der Waals surface area (Å²) in [6.45, 7) is 7.19. The summed E-state index contributed by atoms with van der Waals surface area (Å²) in [4.78, 5) is 13.0. The fraction of sp³-hybridized carbons (Fsp3) is 0.875. The van der Waals surface area contributed by atoms with E-state index in [9.17, 15) is 4.79 Å². The smallest absolute Gasteiger partial charge is 0.293 e. The molecule has 6 heteroatoms. The Balaban J connectivity index is 4.13. The van der Waals surface area contributed by atoms with E-state index in [2.05, 4.69) is 25.6 Å². The van der Waals surface area contributed by atoms with Crippen LogP contribution in [0.25, 0.3) is 0 Å². The highest BCUT2D eigenvalue weighted by Gasteiger charge is 2.28. The fourth-order valence-corrected chi connectivity index (χ4v) is 0.890. The van der Waals surface area contributed by atoms with E-state index < -0.39 is 11.2 Å². The van der Waals surface area contributed by atoms with Crippen LogP contribution in [0.5, 0.6) is 0 Å². The molecule has 0 saturated carbocycles. The highest BCUT2D eigenvalue weighted by atomic mass is 16.4. The lowest BCUT2D eigenvalue weighted by molar-refractivity contribution is -0.138. The van der Waals surface area contributed by atoms with E-state index in [1.165, 1.54) is 0 Å². The van der Waals surface area contributed by atoms with E-state index in [1.807, 2.05) is 7.98 Å². The Kier molecular flexibility index (Phi) is 4.31. The maximum atomic E-state index is 10.9. The van der Waals surface area contributed by atoms with Crippen molar-refractivity contribution in [3.63, 3.8) is 0 Å². The summed E-state index contributed by atoms with van der Waals surface area (Å²) < 4.78 is 0. The Morgan fingerprint density at radius 2 is 1.79 bits per heavy atom. The van der Waals surface area contributed by atoms with E-state index in [1.54, 1.807) is 15.7 Å². The van der Waals surface area contributed by atoms with Crippen LogP contribution in [0.15, 0.2) is 0 Å². The van der Waals surface area contributed by atoms with Crippen molar-refractivity contribution in [3.8, 4) is 0 Å². The molecule has 0 aliphatic carbocycles. The average Bonchev–Trinajstić information content (AvgIpc) is 1.98. The number of nitrogens with zero attached hydrogens (tertiary/aromatic N) is 1. The van der Waals surface area contributed by atoms with E-state index in [4.69, 9.17) is 5.11 Å². The maximum absolute atomic E-state index is 10.9. The van der Waals surface area contributed by atoms with Gasteiger partial charge in [0.05, 0.1) is 0 Å². The van der Waals surface area contributed by atoms with Gasteiger partial charge in [-0.2, -0.15) is 0 Å². The number of carboxylic acid groups (broad SMARTS) is 1. The molecule has 0 unspecified atom stereocenters. The van der Waals surface area contributed by atoms with Crippen molar-refractivity contribution < 1.29 is 9.90 Å². The van der Waals surface area contributed by atoms with Crippen LogP contribution in [0.1, 0.15) is 27.2 Å². The van der Waals surface area contributed by atoms with Gasteiger partial charge in [0.25, 0.3) is 5.97 Å². The van der Waals surface area contributed by atoms with Crippen molar-refractivity contribution >= 4 is 29.6 Å². The second-order valence-electron chi connectivity index (χ2n) is 5.53. The second-order valence-corrected chi connectivity index (χ2v) is 5.53. The molecule has 3 nitrogen and oxygen atoms in total. The maximum Gasteiger partial charge on any atom is 0.293 e. The third-order valence-electron chi connectivity index (χ3n) is 2.80. The predicted octanol–water partition coefficient (Wildman–Crippen LogP) is -1.51. The Bertz CT molecular complexity index is 213. The molecule has 0 aliphatic rings. The molecule has 0 atom stereocenters. The number of hydrogen-bond acceptors (Lipinski definition) is 2. The molecule has 0 aliphatic heterocycles. The van der Waals surface area contributed by atoms with Gasteiger partial charge < -0.3 is 9.92 Å². The Morgan fingerprint density at radius 1 is 1.36 bits per heavy atom. The normalized spacial score (nSPS) is 13.1. The minimum atomic E-state index is -0.722. The minimum Gasteiger partial charge on any atom is -0.482 e. The van der Waals surface area contributed by atoms with Crippen LogP contribution in [-0.2, 0) is 4.79 Å². The van der Waals surface area contributed by atoms with Gasteiger partial charge in [0.1, 0.15) is 15.7 Å². The molecular weight excluding hydrogens is 175 g/mol. The molecule has 1 N–H and O–H groups in total. The van der Waals surface area contributed by atoms with E-state index in [0.29, 0.717) is 6.42 Å².